The third-order valence-electron chi connectivity index (χ3n) is 5.01. The number of rotatable bonds is 6. The highest BCUT2D eigenvalue weighted by Crippen LogP contribution is 2.36. The summed E-state index contributed by atoms with van der Waals surface area (Å²) >= 11 is 0. The second-order valence-electron chi connectivity index (χ2n) is 7.19. The van der Waals surface area contributed by atoms with E-state index in [1.165, 1.54) is 0 Å². The van der Waals surface area contributed by atoms with Crippen LogP contribution in [0.5, 0.6) is 5.75 Å². The van der Waals surface area contributed by atoms with Crippen LogP contribution in [0.1, 0.15) is 37.6 Å². The van der Waals surface area contributed by atoms with E-state index in [2.05, 4.69) is 4.90 Å². The van der Waals surface area contributed by atoms with Crippen LogP contribution in [-0.2, 0) is 9.53 Å². The average Bonchev–Trinajstić information content (AvgIpc) is 2.66. The Kier molecular flexibility index (Phi) is 5.94. The fourth-order valence-electron chi connectivity index (χ4n) is 3.38. The van der Waals surface area contributed by atoms with Crippen LogP contribution in [-0.4, -0.2) is 62.1 Å². The highest BCUT2D eigenvalue weighted by Gasteiger charge is 2.36. The van der Waals surface area contributed by atoms with Crippen molar-refractivity contribution in [3.8, 4) is 5.75 Å². The van der Waals surface area contributed by atoms with Crippen molar-refractivity contribution in [1.82, 2.24) is 4.90 Å². The molecule has 2 heterocycles. The van der Waals surface area contributed by atoms with Gasteiger partial charge in [0.05, 0.1) is 18.9 Å². The molecule has 1 amide bonds. The summed E-state index contributed by atoms with van der Waals surface area (Å²) in [6, 6.07) is 5.41. The molecule has 1 aromatic carbocycles. The molecule has 0 N–H and O–H groups in total. The number of Topliss-reactive ketones (excluding diaryl/α,β-unsaturated/α-hetero) is 1. The molecule has 6 heteroatoms. The first-order valence-electron chi connectivity index (χ1n) is 9.46. The van der Waals surface area contributed by atoms with Crippen molar-refractivity contribution in [2.24, 2.45) is 5.92 Å². The number of hydrogen-bond donors (Lipinski definition) is 0. The van der Waals surface area contributed by atoms with Gasteiger partial charge >= 0.3 is 0 Å². The first-order chi connectivity index (χ1) is 12.5. The largest absolute Gasteiger partial charge is 0.478 e. The molecule has 3 rings (SSSR count). The first kappa shape index (κ1) is 18.9. The van der Waals surface area contributed by atoms with E-state index in [-0.39, 0.29) is 17.6 Å². The lowest BCUT2D eigenvalue weighted by molar-refractivity contribution is -0.128. The van der Waals surface area contributed by atoms with Gasteiger partial charge in [-0.3, -0.25) is 14.5 Å². The van der Waals surface area contributed by atoms with Gasteiger partial charge < -0.3 is 14.4 Å². The quantitative estimate of drug-likeness (QED) is 0.729. The van der Waals surface area contributed by atoms with E-state index in [0.717, 1.165) is 32.8 Å². The monoisotopic (exact) mass is 360 g/mol. The van der Waals surface area contributed by atoms with Gasteiger partial charge in [-0.1, -0.05) is 20.8 Å². The minimum Gasteiger partial charge on any atom is -0.478 e. The number of carbonyl (C=O) groups excluding carboxylic acids is 2. The van der Waals surface area contributed by atoms with Crippen molar-refractivity contribution in [3.63, 3.8) is 0 Å². The van der Waals surface area contributed by atoms with Gasteiger partial charge in [-0.15, -0.1) is 0 Å². The van der Waals surface area contributed by atoms with E-state index in [9.17, 15) is 9.59 Å². The molecule has 2 aliphatic heterocycles. The molecule has 142 valence electrons. The van der Waals surface area contributed by atoms with Crippen molar-refractivity contribution in [1.29, 1.82) is 0 Å². The van der Waals surface area contributed by atoms with Gasteiger partial charge in [-0.05, 0) is 24.1 Å². The van der Waals surface area contributed by atoms with Crippen molar-refractivity contribution in [3.05, 3.63) is 23.8 Å². The van der Waals surface area contributed by atoms with Crippen molar-refractivity contribution >= 4 is 17.4 Å². The summed E-state index contributed by atoms with van der Waals surface area (Å²) in [4.78, 5) is 29.2. The fraction of sp³-hybridized carbons (Fsp3) is 0.600. The molecule has 26 heavy (non-hydrogen) atoms. The summed E-state index contributed by atoms with van der Waals surface area (Å²) in [5.74, 6) is 0.803. The van der Waals surface area contributed by atoms with Gasteiger partial charge in [0, 0.05) is 38.2 Å². The first-order valence-corrected chi connectivity index (χ1v) is 9.46. The lowest BCUT2D eigenvalue weighted by atomic mass is 10.0. The van der Waals surface area contributed by atoms with Crippen LogP contribution in [0.2, 0.25) is 0 Å². The molecule has 1 unspecified atom stereocenters. The van der Waals surface area contributed by atoms with E-state index in [0.29, 0.717) is 30.0 Å². The van der Waals surface area contributed by atoms with Crippen LogP contribution in [0, 0.1) is 5.92 Å². The highest BCUT2D eigenvalue weighted by atomic mass is 16.5. The van der Waals surface area contributed by atoms with Gasteiger partial charge in [0.2, 0.25) is 0 Å². The molecule has 0 saturated carbocycles. The standard InChI is InChI=1S/C20H28N2O4/c1-4-17(23)15-5-6-18-16(13-15)22(20(24)19(26-18)14(2)3)8-7-21-9-11-25-12-10-21/h5-6,13-14,19H,4,7-12H2,1-3H3. The van der Waals surface area contributed by atoms with E-state index >= 15 is 0 Å². The third kappa shape index (κ3) is 3.91. The lowest BCUT2D eigenvalue weighted by Crippen LogP contribution is -2.51. The Morgan fingerprint density at radius 3 is 2.62 bits per heavy atom. The predicted molar refractivity (Wildman–Crippen MR) is 99.9 cm³/mol. The Balaban J connectivity index is 1.86. The van der Waals surface area contributed by atoms with E-state index in [1.54, 1.807) is 17.0 Å². The Morgan fingerprint density at radius 2 is 1.96 bits per heavy atom. The topological polar surface area (TPSA) is 59.1 Å². The summed E-state index contributed by atoms with van der Waals surface area (Å²) in [5, 5.41) is 0. The highest BCUT2D eigenvalue weighted by molar-refractivity contribution is 6.03. The number of anilines is 1. The van der Waals surface area contributed by atoms with E-state index in [4.69, 9.17) is 9.47 Å². The van der Waals surface area contributed by atoms with Crippen molar-refractivity contribution in [2.45, 2.75) is 33.3 Å². The molecule has 0 spiro atoms. The summed E-state index contributed by atoms with van der Waals surface area (Å²) in [6.07, 6.45) is -0.0457. The molecule has 1 fully saturated rings. The zero-order valence-corrected chi connectivity index (χ0v) is 15.9. The fourth-order valence-corrected chi connectivity index (χ4v) is 3.38. The number of carbonyl (C=O) groups is 2. The second-order valence-corrected chi connectivity index (χ2v) is 7.19. The van der Waals surface area contributed by atoms with Crippen molar-refractivity contribution in [2.75, 3.05) is 44.3 Å². The third-order valence-corrected chi connectivity index (χ3v) is 5.01. The molecule has 0 aliphatic carbocycles. The molecule has 1 atom stereocenters. The van der Waals surface area contributed by atoms with Crippen molar-refractivity contribution < 1.29 is 19.1 Å². The molecule has 0 radical (unpaired) electrons. The number of nitrogens with zero attached hydrogens (tertiary/aromatic N) is 2. The van der Waals surface area contributed by atoms with E-state index < -0.39 is 6.10 Å². The lowest BCUT2D eigenvalue weighted by Gasteiger charge is -2.37. The molecule has 1 saturated heterocycles. The summed E-state index contributed by atoms with van der Waals surface area (Å²) in [6.45, 7) is 10.4. The molecular formula is C20H28N2O4. The predicted octanol–water partition coefficient (Wildman–Crippen LogP) is 2.36. The Bertz CT molecular complexity index is 668. The van der Waals surface area contributed by atoms with E-state index in [1.807, 2.05) is 26.8 Å². The SMILES string of the molecule is CCC(=O)c1ccc2c(c1)N(CCN1CCOCC1)C(=O)C(C(C)C)O2. The van der Waals surface area contributed by atoms with Gasteiger partial charge in [-0.2, -0.15) is 0 Å². The normalized spacial score (nSPS) is 20.8. The van der Waals surface area contributed by atoms with Gasteiger partial charge in [0.15, 0.2) is 11.9 Å². The zero-order valence-electron chi connectivity index (χ0n) is 15.9. The van der Waals surface area contributed by atoms with Gasteiger partial charge in [0.25, 0.3) is 5.91 Å². The maximum Gasteiger partial charge on any atom is 0.268 e. The number of ketones is 1. The van der Waals surface area contributed by atoms with Crippen LogP contribution in [0.15, 0.2) is 18.2 Å². The second kappa shape index (κ2) is 8.18. The molecule has 1 aromatic rings. The van der Waals surface area contributed by atoms with Gasteiger partial charge in [-0.25, -0.2) is 0 Å². The summed E-state index contributed by atoms with van der Waals surface area (Å²) < 4.78 is 11.4. The molecule has 2 aliphatic rings. The van der Waals surface area contributed by atoms with Crippen LogP contribution in [0.4, 0.5) is 5.69 Å². The van der Waals surface area contributed by atoms with Crippen LogP contribution in [0.3, 0.4) is 0 Å². The summed E-state index contributed by atoms with van der Waals surface area (Å²) in [5.41, 5.74) is 1.33. The number of hydrogen-bond acceptors (Lipinski definition) is 5. The Morgan fingerprint density at radius 1 is 1.23 bits per heavy atom. The molecular weight excluding hydrogens is 332 g/mol. The van der Waals surface area contributed by atoms with Crippen LogP contribution in [0.25, 0.3) is 0 Å². The van der Waals surface area contributed by atoms with Crippen LogP contribution >= 0.6 is 0 Å². The number of benzene rings is 1. The number of ether oxygens (including phenoxy) is 2. The molecule has 0 bridgehead atoms. The number of amides is 1. The summed E-state index contributed by atoms with van der Waals surface area (Å²) in [7, 11) is 0. The maximum absolute atomic E-state index is 13.0. The Labute approximate surface area is 155 Å². The van der Waals surface area contributed by atoms with Crippen LogP contribution < -0.4 is 9.64 Å². The molecule has 0 aromatic heterocycles. The average molecular weight is 360 g/mol. The van der Waals surface area contributed by atoms with Gasteiger partial charge in [0.1, 0.15) is 5.75 Å². The Hall–Kier alpha value is -1.92. The minimum atomic E-state index is -0.486. The maximum atomic E-state index is 13.0. The number of morpholine rings is 1. The molecule has 6 nitrogen and oxygen atoms in total. The smallest absolute Gasteiger partial charge is 0.268 e. The minimum absolute atomic E-state index is 0.0261. The zero-order chi connectivity index (χ0) is 18.7. The number of fused-ring (bicyclic) bond motifs is 1.